The Balaban J connectivity index is 1.51. The SMILES string of the molecule is C=CN(C=C)[C@@H]1C(=O)C(C(N)=O)=C(O)[C@@]2(O)C(=O)C3=C(O)c4c(ccc(CNC(=O)c5ccccc5)c4O)[C@@H]4C=N[C@]34[C@H](O)[C@@H]12. The summed E-state index contributed by atoms with van der Waals surface area (Å²) in [4.78, 5) is 58.2. The lowest BCUT2D eigenvalue weighted by Gasteiger charge is -2.60. The molecule has 1 fully saturated rings. The van der Waals surface area contributed by atoms with E-state index in [1.54, 1.807) is 30.3 Å². The predicted molar refractivity (Wildman–Crippen MR) is 159 cm³/mol. The first-order valence-electron chi connectivity index (χ1n) is 13.8. The summed E-state index contributed by atoms with van der Waals surface area (Å²) in [5.74, 6) is -9.88. The summed E-state index contributed by atoms with van der Waals surface area (Å²) in [6.45, 7) is 7.01. The first-order chi connectivity index (χ1) is 21.4. The fourth-order valence-electron chi connectivity index (χ4n) is 7.02. The molecule has 2 aromatic carbocycles. The van der Waals surface area contributed by atoms with Gasteiger partial charge in [-0.1, -0.05) is 43.5 Å². The van der Waals surface area contributed by atoms with Crippen LogP contribution in [-0.4, -0.2) is 83.3 Å². The number of phenols is 1. The Morgan fingerprint density at radius 2 is 1.73 bits per heavy atom. The van der Waals surface area contributed by atoms with Crippen molar-refractivity contribution in [3.05, 3.63) is 107 Å². The molecule has 0 radical (unpaired) electrons. The second-order valence-electron chi connectivity index (χ2n) is 11.2. The molecule has 8 N–H and O–H groups in total. The zero-order valence-electron chi connectivity index (χ0n) is 23.5. The van der Waals surface area contributed by atoms with Crippen LogP contribution in [0.25, 0.3) is 5.76 Å². The fourth-order valence-corrected chi connectivity index (χ4v) is 7.02. The zero-order chi connectivity index (χ0) is 32.6. The standard InChI is InChI=1S/C32H28N4O9/c1-3-36(4-2)22-20-27(41)31-17(13-35-31)16-11-10-15(12-34-30(44)14-8-6-5-7-9-14)23(37)18(16)24(38)21(31)28(42)32(20,45)26(40)19(25(22)39)29(33)43/h3-11,13,17,20,22,27,37-38,40-41,45H,1-2,12H2,(H2,33,43)(H,34,44)/t17-,20+,22-,27+,31-,32+/m0/s1. The number of hydrogen-bond acceptors (Lipinski definition) is 11. The minimum absolute atomic E-state index is 0.170. The number of phenolic OH excluding ortho intramolecular Hbond substituents is 1. The monoisotopic (exact) mass is 612 g/mol. The molecule has 6 rings (SSSR count). The van der Waals surface area contributed by atoms with E-state index in [4.69, 9.17) is 5.73 Å². The van der Waals surface area contributed by atoms with Gasteiger partial charge in [-0.15, -0.1) is 0 Å². The summed E-state index contributed by atoms with van der Waals surface area (Å²) >= 11 is 0. The number of nitrogens with zero attached hydrogens (tertiary/aromatic N) is 2. The number of rotatable bonds is 7. The highest BCUT2D eigenvalue weighted by Crippen LogP contribution is 2.62. The molecule has 0 unspecified atom stereocenters. The van der Waals surface area contributed by atoms with Gasteiger partial charge in [-0.2, -0.15) is 0 Å². The third kappa shape index (κ3) is 3.65. The van der Waals surface area contributed by atoms with Crippen LogP contribution in [0.4, 0.5) is 0 Å². The maximum Gasteiger partial charge on any atom is 0.255 e. The van der Waals surface area contributed by atoms with E-state index in [9.17, 15) is 44.7 Å². The van der Waals surface area contributed by atoms with E-state index in [2.05, 4.69) is 23.5 Å². The van der Waals surface area contributed by atoms with E-state index in [-0.39, 0.29) is 23.2 Å². The smallest absolute Gasteiger partial charge is 0.255 e. The number of Topliss-reactive ketones (excluding diaryl/α,β-unsaturated/α-hetero) is 2. The third-order valence-corrected chi connectivity index (χ3v) is 9.18. The summed E-state index contributed by atoms with van der Waals surface area (Å²) in [7, 11) is 0. The average molecular weight is 613 g/mol. The number of hydrogen-bond donors (Lipinski definition) is 7. The van der Waals surface area contributed by atoms with Crippen molar-refractivity contribution < 1.29 is 44.7 Å². The van der Waals surface area contributed by atoms with Crippen molar-refractivity contribution in [2.24, 2.45) is 16.6 Å². The molecule has 13 heteroatoms. The summed E-state index contributed by atoms with van der Waals surface area (Å²) < 4.78 is 0. The Bertz CT molecular complexity index is 1820. The number of aliphatic imine (C=N–C) groups is 1. The largest absolute Gasteiger partial charge is 0.508 e. The van der Waals surface area contributed by atoms with Crippen LogP contribution in [0.15, 0.2) is 89.9 Å². The predicted octanol–water partition coefficient (Wildman–Crippen LogP) is 0.640. The number of carbonyl (C=O) groups is 4. The molecule has 2 aromatic rings. The molecule has 3 aliphatic carbocycles. The second-order valence-corrected chi connectivity index (χ2v) is 11.2. The average Bonchev–Trinajstić information content (AvgIpc) is 3.00. The molecule has 2 amide bonds. The van der Waals surface area contributed by atoms with Gasteiger partial charge in [-0.3, -0.25) is 24.2 Å². The van der Waals surface area contributed by atoms with Crippen molar-refractivity contribution in [2.75, 3.05) is 0 Å². The summed E-state index contributed by atoms with van der Waals surface area (Å²) in [6.07, 6.45) is 1.68. The van der Waals surface area contributed by atoms with Gasteiger partial charge in [0.05, 0.1) is 29.1 Å². The quantitative estimate of drug-likeness (QED) is 0.216. The number of aromatic hydroxyl groups is 1. The molecule has 0 aromatic heterocycles. The van der Waals surface area contributed by atoms with Gasteiger partial charge < -0.3 is 41.5 Å². The van der Waals surface area contributed by atoms with Crippen molar-refractivity contribution in [1.82, 2.24) is 10.2 Å². The first-order valence-corrected chi connectivity index (χ1v) is 13.8. The molecule has 1 aliphatic heterocycles. The van der Waals surface area contributed by atoms with E-state index in [1.807, 2.05) is 0 Å². The van der Waals surface area contributed by atoms with Crippen LogP contribution in [0.3, 0.4) is 0 Å². The van der Waals surface area contributed by atoms with Gasteiger partial charge in [-0.05, 0) is 30.1 Å². The number of nitrogens with one attached hydrogen (secondary N) is 1. The minimum Gasteiger partial charge on any atom is -0.508 e. The lowest BCUT2D eigenvalue weighted by atomic mass is 9.49. The van der Waals surface area contributed by atoms with Crippen LogP contribution in [0.2, 0.25) is 0 Å². The molecule has 6 atom stereocenters. The number of carbonyl (C=O) groups excluding carboxylic acids is 4. The lowest BCUT2D eigenvalue weighted by molar-refractivity contribution is -0.170. The molecule has 1 spiro atoms. The molecule has 0 saturated heterocycles. The van der Waals surface area contributed by atoms with Crippen molar-refractivity contribution in [1.29, 1.82) is 0 Å². The zero-order valence-corrected chi connectivity index (χ0v) is 23.5. The van der Waals surface area contributed by atoms with Crippen LogP contribution < -0.4 is 11.1 Å². The van der Waals surface area contributed by atoms with E-state index in [1.165, 1.54) is 18.3 Å². The summed E-state index contributed by atoms with van der Waals surface area (Å²) in [5, 5.41) is 60.7. The maximum absolute atomic E-state index is 14.3. The van der Waals surface area contributed by atoms with Gasteiger partial charge >= 0.3 is 0 Å². The van der Waals surface area contributed by atoms with Gasteiger partial charge in [0.25, 0.3) is 11.8 Å². The first kappa shape index (κ1) is 29.5. The van der Waals surface area contributed by atoms with Gasteiger partial charge in [0.2, 0.25) is 5.78 Å². The molecule has 1 heterocycles. The van der Waals surface area contributed by atoms with E-state index >= 15 is 0 Å². The fraction of sp³-hybridized carbons (Fsp3) is 0.219. The Labute approximate surface area is 255 Å². The molecular weight excluding hydrogens is 584 g/mol. The number of fused-ring (bicyclic) bond motifs is 3. The topological polar surface area (TPSA) is 223 Å². The van der Waals surface area contributed by atoms with Crippen LogP contribution in [0, 0.1) is 5.92 Å². The Kier molecular flexibility index (Phi) is 6.57. The highest BCUT2D eigenvalue weighted by molar-refractivity contribution is 6.25. The highest BCUT2D eigenvalue weighted by Gasteiger charge is 2.75. The van der Waals surface area contributed by atoms with Gasteiger partial charge in [0.1, 0.15) is 34.4 Å². The van der Waals surface area contributed by atoms with Crippen LogP contribution >= 0.6 is 0 Å². The third-order valence-electron chi connectivity index (χ3n) is 9.18. The van der Waals surface area contributed by atoms with Crippen molar-refractivity contribution >= 4 is 35.4 Å². The Morgan fingerprint density at radius 1 is 1.07 bits per heavy atom. The number of benzene rings is 2. The maximum atomic E-state index is 14.3. The van der Waals surface area contributed by atoms with Gasteiger partial charge in [0, 0.05) is 23.9 Å². The van der Waals surface area contributed by atoms with E-state index in [0.29, 0.717) is 5.56 Å². The molecule has 230 valence electrons. The number of aliphatic hydroxyl groups is 4. The molecule has 1 saturated carbocycles. The van der Waals surface area contributed by atoms with Crippen LogP contribution in [0.5, 0.6) is 5.75 Å². The van der Waals surface area contributed by atoms with Crippen LogP contribution in [-0.2, 0) is 20.9 Å². The van der Waals surface area contributed by atoms with E-state index in [0.717, 1.165) is 17.3 Å². The molecule has 13 nitrogen and oxygen atoms in total. The lowest BCUT2D eigenvalue weighted by Crippen LogP contribution is -2.76. The second kappa shape index (κ2) is 10.0. The Morgan fingerprint density at radius 3 is 2.31 bits per heavy atom. The number of primary amides is 1. The Hall–Kier alpha value is -5.53. The molecule has 45 heavy (non-hydrogen) atoms. The summed E-state index contributed by atoms with van der Waals surface area (Å²) in [5.41, 5.74) is -0.851. The van der Waals surface area contributed by atoms with Gasteiger partial charge in [-0.25, -0.2) is 0 Å². The van der Waals surface area contributed by atoms with Crippen molar-refractivity contribution in [2.45, 2.75) is 35.7 Å². The van der Waals surface area contributed by atoms with Crippen molar-refractivity contribution in [3.63, 3.8) is 0 Å². The normalized spacial score (nSPS) is 29.5. The molecule has 0 bridgehead atoms. The summed E-state index contributed by atoms with van der Waals surface area (Å²) in [6, 6.07) is 9.67. The van der Waals surface area contributed by atoms with E-state index < -0.39 is 86.9 Å². The van der Waals surface area contributed by atoms with Crippen LogP contribution in [0.1, 0.15) is 33.0 Å². The van der Waals surface area contributed by atoms with Gasteiger partial charge in [0.15, 0.2) is 11.4 Å². The van der Waals surface area contributed by atoms with Crippen molar-refractivity contribution in [3.8, 4) is 5.75 Å². The number of aliphatic hydroxyl groups excluding tert-OH is 3. The molecular formula is C32H28N4O9. The number of amides is 2. The number of nitrogens with two attached hydrogens (primary N) is 1. The highest BCUT2D eigenvalue weighted by atomic mass is 16.4. The minimum atomic E-state index is -3.15. The molecule has 4 aliphatic rings. The number of ketones is 2.